The van der Waals surface area contributed by atoms with Gasteiger partial charge in [-0.25, -0.2) is 9.65 Å². The molecule has 0 fully saturated rings. The number of nitrogens with zero attached hydrogens (tertiary/aromatic N) is 6. The van der Waals surface area contributed by atoms with Crippen LogP contribution in [0.4, 0.5) is 0 Å². The van der Waals surface area contributed by atoms with Gasteiger partial charge in [-0.05, 0) is 49.6 Å². The molecule has 1 atom stereocenters. The fraction of sp³-hybridized carbons (Fsp3) is 0.238. The standard InChI is InChI=1S/C21H21N6OPS/c1-15-19-23-24-20(21-22-16(2)25-30-21)26(19)13-14-27(15)29(28,17-9-5-3-6-10-17)18-11-7-4-8-12-18/h3-12,15H,13-14H2,1-2H3. The molecular weight excluding hydrogens is 415 g/mol. The van der Waals surface area contributed by atoms with Crippen molar-refractivity contribution in [2.24, 2.45) is 0 Å². The number of benzene rings is 2. The maximum atomic E-state index is 14.7. The van der Waals surface area contributed by atoms with Gasteiger partial charge in [-0.15, -0.1) is 10.2 Å². The van der Waals surface area contributed by atoms with E-state index in [0.29, 0.717) is 13.1 Å². The van der Waals surface area contributed by atoms with Crippen molar-refractivity contribution in [3.05, 3.63) is 72.3 Å². The van der Waals surface area contributed by atoms with E-state index in [0.717, 1.165) is 33.1 Å². The van der Waals surface area contributed by atoms with E-state index in [1.165, 1.54) is 11.5 Å². The molecule has 1 unspecified atom stereocenters. The first kappa shape index (κ1) is 19.3. The van der Waals surface area contributed by atoms with E-state index in [1.54, 1.807) is 0 Å². The molecule has 0 aliphatic carbocycles. The molecule has 30 heavy (non-hydrogen) atoms. The summed E-state index contributed by atoms with van der Waals surface area (Å²) >= 11 is 1.33. The summed E-state index contributed by atoms with van der Waals surface area (Å²) in [5.74, 6) is 2.27. The molecule has 2 aromatic heterocycles. The summed E-state index contributed by atoms with van der Waals surface area (Å²) in [6.07, 6.45) is 0. The molecule has 0 saturated heterocycles. The van der Waals surface area contributed by atoms with Crippen molar-refractivity contribution < 1.29 is 4.57 Å². The second-order valence-electron chi connectivity index (χ2n) is 7.27. The van der Waals surface area contributed by atoms with Crippen LogP contribution in [0.5, 0.6) is 0 Å². The Morgan fingerprint density at radius 1 is 0.967 bits per heavy atom. The van der Waals surface area contributed by atoms with Crippen molar-refractivity contribution >= 4 is 29.4 Å². The van der Waals surface area contributed by atoms with Crippen LogP contribution in [0.1, 0.15) is 24.6 Å². The first-order valence-electron chi connectivity index (χ1n) is 9.81. The van der Waals surface area contributed by atoms with Gasteiger partial charge in [0.15, 0.2) is 16.7 Å². The number of aryl methyl sites for hydroxylation is 1. The summed E-state index contributed by atoms with van der Waals surface area (Å²) in [5.41, 5.74) is 0. The van der Waals surface area contributed by atoms with Crippen LogP contribution in [0, 0.1) is 6.92 Å². The first-order chi connectivity index (χ1) is 14.6. The van der Waals surface area contributed by atoms with Gasteiger partial charge in [0.05, 0.1) is 6.04 Å². The minimum absolute atomic E-state index is 0.166. The van der Waals surface area contributed by atoms with E-state index in [-0.39, 0.29) is 6.04 Å². The minimum Gasteiger partial charge on any atom is -0.306 e. The molecule has 9 heteroatoms. The lowest BCUT2D eigenvalue weighted by atomic mass is 10.2. The Bertz CT molecular complexity index is 1180. The molecule has 0 radical (unpaired) electrons. The van der Waals surface area contributed by atoms with Gasteiger partial charge in [0.1, 0.15) is 5.82 Å². The van der Waals surface area contributed by atoms with Gasteiger partial charge < -0.3 is 4.57 Å². The van der Waals surface area contributed by atoms with E-state index in [1.807, 2.05) is 74.5 Å². The number of aromatic nitrogens is 5. The molecule has 3 heterocycles. The molecule has 4 aromatic rings. The average molecular weight is 436 g/mol. The van der Waals surface area contributed by atoms with E-state index in [4.69, 9.17) is 0 Å². The summed E-state index contributed by atoms with van der Waals surface area (Å²) in [6.45, 7) is 5.18. The average Bonchev–Trinajstić information content (AvgIpc) is 3.41. The van der Waals surface area contributed by atoms with Gasteiger partial charge in [0.25, 0.3) is 0 Å². The quantitative estimate of drug-likeness (QED) is 0.457. The zero-order valence-corrected chi connectivity index (χ0v) is 18.4. The van der Waals surface area contributed by atoms with Crippen molar-refractivity contribution in [2.45, 2.75) is 26.4 Å². The Morgan fingerprint density at radius 2 is 1.60 bits per heavy atom. The predicted molar refractivity (Wildman–Crippen MR) is 119 cm³/mol. The Labute approximate surface area is 179 Å². The summed E-state index contributed by atoms with van der Waals surface area (Å²) in [5, 5.41) is 11.3. The predicted octanol–water partition coefficient (Wildman–Crippen LogP) is 3.41. The van der Waals surface area contributed by atoms with Gasteiger partial charge in [0.2, 0.25) is 7.29 Å². The second-order valence-corrected chi connectivity index (χ2v) is 10.7. The van der Waals surface area contributed by atoms with Crippen molar-refractivity contribution in [2.75, 3.05) is 6.54 Å². The highest BCUT2D eigenvalue weighted by atomic mass is 32.1. The topological polar surface area (TPSA) is 76.8 Å². The van der Waals surface area contributed by atoms with Crippen LogP contribution in [0.3, 0.4) is 0 Å². The van der Waals surface area contributed by atoms with Gasteiger partial charge in [-0.2, -0.15) is 4.37 Å². The Morgan fingerprint density at radius 3 is 2.17 bits per heavy atom. The molecule has 152 valence electrons. The molecule has 1 aliphatic rings. The number of fused-ring (bicyclic) bond motifs is 1. The molecule has 7 nitrogen and oxygen atoms in total. The molecule has 0 saturated carbocycles. The highest BCUT2D eigenvalue weighted by Crippen LogP contribution is 2.53. The van der Waals surface area contributed by atoms with Crippen molar-refractivity contribution in [3.63, 3.8) is 0 Å². The smallest absolute Gasteiger partial charge is 0.207 e. The zero-order chi connectivity index (χ0) is 20.7. The molecule has 0 spiro atoms. The number of hydrogen-bond donors (Lipinski definition) is 0. The van der Waals surface area contributed by atoms with Crippen molar-refractivity contribution in [1.82, 2.24) is 28.8 Å². The molecule has 0 bridgehead atoms. The van der Waals surface area contributed by atoms with E-state index < -0.39 is 7.29 Å². The van der Waals surface area contributed by atoms with Crippen LogP contribution in [-0.4, -0.2) is 35.3 Å². The third-order valence-corrected chi connectivity index (χ3v) is 9.51. The van der Waals surface area contributed by atoms with Crippen LogP contribution in [0.2, 0.25) is 0 Å². The van der Waals surface area contributed by atoms with E-state index in [9.17, 15) is 4.57 Å². The summed E-state index contributed by atoms with van der Waals surface area (Å²) < 4.78 is 23.2. The minimum atomic E-state index is -3.04. The second kappa shape index (κ2) is 7.54. The van der Waals surface area contributed by atoms with Crippen molar-refractivity contribution in [1.29, 1.82) is 0 Å². The van der Waals surface area contributed by atoms with Gasteiger partial charge in [0, 0.05) is 23.7 Å². The Balaban J connectivity index is 1.60. The van der Waals surface area contributed by atoms with Crippen molar-refractivity contribution in [3.8, 4) is 10.8 Å². The summed E-state index contributed by atoms with van der Waals surface area (Å²) in [6, 6.07) is 19.3. The summed E-state index contributed by atoms with van der Waals surface area (Å²) in [4.78, 5) is 4.46. The lowest BCUT2D eigenvalue weighted by Gasteiger charge is -2.39. The number of hydrogen-bond acceptors (Lipinski definition) is 6. The van der Waals surface area contributed by atoms with Gasteiger partial charge >= 0.3 is 0 Å². The highest BCUT2D eigenvalue weighted by Gasteiger charge is 2.42. The van der Waals surface area contributed by atoms with Gasteiger partial charge in [-0.3, -0.25) is 4.57 Å². The highest BCUT2D eigenvalue weighted by molar-refractivity contribution is 7.76. The van der Waals surface area contributed by atoms with Crippen LogP contribution in [0.15, 0.2) is 60.7 Å². The Hall–Kier alpha value is -2.67. The first-order valence-corrected chi connectivity index (χ1v) is 12.2. The lowest BCUT2D eigenvalue weighted by molar-refractivity contribution is 0.280. The Kier molecular flexibility index (Phi) is 4.85. The van der Waals surface area contributed by atoms with Crippen LogP contribution in [-0.2, 0) is 11.1 Å². The molecule has 0 N–H and O–H groups in total. The molecule has 2 aromatic carbocycles. The maximum absolute atomic E-state index is 14.7. The lowest BCUT2D eigenvalue weighted by Crippen LogP contribution is -2.40. The number of rotatable bonds is 4. The fourth-order valence-electron chi connectivity index (χ4n) is 4.01. The van der Waals surface area contributed by atoms with Crippen LogP contribution < -0.4 is 10.6 Å². The van der Waals surface area contributed by atoms with Gasteiger partial charge in [-0.1, -0.05) is 36.4 Å². The monoisotopic (exact) mass is 436 g/mol. The summed E-state index contributed by atoms with van der Waals surface area (Å²) in [7, 11) is -3.04. The maximum Gasteiger partial charge on any atom is 0.207 e. The van der Waals surface area contributed by atoms with Crippen LogP contribution in [0.25, 0.3) is 10.8 Å². The SMILES string of the molecule is Cc1nsc(-c2nnc3n2CCN(P(=O)(c2ccccc2)c2ccccc2)C3C)n1. The molecular formula is C21H21N6OPS. The van der Waals surface area contributed by atoms with Crippen LogP contribution >= 0.6 is 18.8 Å². The fourth-order valence-corrected chi connectivity index (χ4v) is 7.68. The molecule has 5 rings (SSSR count). The van der Waals surface area contributed by atoms with E-state index in [2.05, 4.69) is 28.8 Å². The third-order valence-electron chi connectivity index (χ3n) is 5.45. The normalized spacial score (nSPS) is 17.1. The molecule has 0 amide bonds. The van der Waals surface area contributed by atoms with E-state index >= 15 is 0 Å². The molecule has 1 aliphatic heterocycles. The largest absolute Gasteiger partial charge is 0.306 e. The third kappa shape index (κ3) is 3.03. The zero-order valence-electron chi connectivity index (χ0n) is 16.7.